The lowest BCUT2D eigenvalue weighted by Gasteiger charge is -2.21. The molecular formula is C8H12F2N2O. The van der Waals surface area contributed by atoms with Crippen molar-refractivity contribution in [1.82, 2.24) is 5.16 Å². The molecule has 1 unspecified atom stereocenters. The number of rotatable bonds is 3. The summed E-state index contributed by atoms with van der Waals surface area (Å²) < 4.78 is 29.4. The van der Waals surface area contributed by atoms with E-state index in [2.05, 4.69) is 5.16 Å². The summed E-state index contributed by atoms with van der Waals surface area (Å²) in [6.07, 6.45) is -2.55. The van der Waals surface area contributed by atoms with E-state index in [1.54, 1.807) is 13.0 Å². The number of halogens is 2. The molecule has 1 aromatic rings. The summed E-state index contributed by atoms with van der Waals surface area (Å²) in [5.41, 5.74) is 4.29. The maximum atomic E-state index is 12.3. The Balaban J connectivity index is 2.68. The number of aryl methyl sites for hydroxylation is 1. The molecule has 0 bridgehead atoms. The molecule has 0 radical (unpaired) electrons. The lowest BCUT2D eigenvalue weighted by molar-refractivity contribution is 0.0630. The van der Waals surface area contributed by atoms with Crippen LogP contribution in [0.15, 0.2) is 10.6 Å². The van der Waals surface area contributed by atoms with Crippen molar-refractivity contribution in [2.24, 2.45) is 5.73 Å². The van der Waals surface area contributed by atoms with E-state index in [0.717, 1.165) is 0 Å². The number of aromatic nitrogens is 1. The highest BCUT2D eigenvalue weighted by Crippen LogP contribution is 2.17. The Morgan fingerprint density at radius 1 is 1.69 bits per heavy atom. The van der Waals surface area contributed by atoms with E-state index in [4.69, 9.17) is 10.3 Å². The summed E-state index contributed by atoms with van der Waals surface area (Å²) in [4.78, 5) is 0. The third-order valence-corrected chi connectivity index (χ3v) is 1.74. The van der Waals surface area contributed by atoms with E-state index in [1.165, 1.54) is 6.92 Å². The molecule has 0 spiro atoms. The van der Waals surface area contributed by atoms with Gasteiger partial charge in [-0.1, -0.05) is 5.16 Å². The van der Waals surface area contributed by atoms with Crippen LogP contribution in [0.2, 0.25) is 0 Å². The van der Waals surface area contributed by atoms with E-state index < -0.39 is 12.0 Å². The molecule has 1 atom stereocenters. The molecule has 2 N–H and O–H groups in total. The monoisotopic (exact) mass is 190 g/mol. The van der Waals surface area contributed by atoms with Crippen LogP contribution in [0.3, 0.4) is 0 Å². The van der Waals surface area contributed by atoms with Crippen molar-refractivity contribution in [3.8, 4) is 0 Å². The Labute approximate surface area is 74.9 Å². The summed E-state index contributed by atoms with van der Waals surface area (Å²) >= 11 is 0. The molecule has 0 aliphatic rings. The van der Waals surface area contributed by atoms with Crippen molar-refractivity contribution in [2.75, 3.05) is 0 Å². The fraction of sp³-hybridized carbons (Fsp3) is 0.625. The van der Waals surface area contributed by atoms with Gasteiger partial charge in [-0.15, -0.1) is 0 Å². The molecule has 0 fully saturated rings. The van der Waals surface area contributed by atoms with Crippen LogP contribution in [-0.2, 0) is 6.42 Å². The maximum absolute atomic E-state index is 12.3. The minimum absolute atomic E-state index is 0.0159. The molecule has 74 valence electrons. The van der Waals surface area contributed by atoms with Crippen LogP contribution < -0.4 is 5.73 Å². The van der Waals surface area contributed by atoms with Gasteiger partial charge >= 0.3 is 0 Å². The highest BCUT2D eigenvalue weighted by atomic mass is 19.3. The summed E-state index contributed by atoms with van der Waals surface area (Å²) in [6, 6.07) is 1.60. The molecule has 0 saturated carbocycles. The lowest BCUT2D eigenvalue weighted by Crippen LogP contribution is -2.45. The van der Waals surface area contributed by atoms with Gasteiger partial charge in [0, 0.05) is 12.5 Å². The Kier molecular flexibility index (Phi) is 2.66. The maximum Gasteiger partial charge on any atom is 0.256 e. The molecule has 1 heterocycles. The molecule has 0 aromatic carbocycles. The van der Waals surface area contributed by atoms with Crippen LogP contribution in [0.25, 0.3) is 0 Å². The highest BCUT2D eigenvalue weighted by molar-refractivity contribution is 5.08. The van der Waals surface area contributed by atoms with E-state index in [-0.39, 0.29) is 6.42 Å². The SMILES string of the molecule is Cc1cc(CC(C)(N)C(F)F)no1. The van der Waals surface area contributed by atoms with Crippen LogP contribution in [0.1, 0.15) is 18.4 Å². The molecule has 0 saturated heterocycles. The zero-order valence-electron chi connectivity index (χ0n) is 7.55. The number of nitrogens with zero attached hydrogens (tertiary/aromatic N) is 1. The average molecular weight is 190 g/mol. The molecule has 1 aromatic heterocycles. The van der Waals surface area contributed by atoms with E-state index in [9.17, 15) is 8.78 Å². The van der Waals surface area contributed by atoms with Gasteiger partial charge in [0.2, 0.25) is 0 Å². The highest BCUT2D eigenvalue weighted by Gasteiger charge is 2.31. The number of nitrogens with two attached hydrogens (primary N) is 1. The first-order chi connectivity index (χ1) is 5.92. The molecular weight excluding hydrogens is 178 g/mol. The van der Waals surface area contributed by atoms with Gasteiger partial charge in [-0.25, -0.2) is 8.78 Å². The second-order valence-electron chi connectivity index (χ2n) is 3.41. The Morgan fingerprint density at radius 3 is 2.69 bits per heavy atom. The first kappa shape index (κ1) is 10.1. The quantitative estimate of drug-likeness (QED) is 0.785. The smallest absolute Gasteiger partial charge is 0.256 e. The van der Waals surface area contributed by atoms with Gasteiger partial charge in [0.1, 0.15) is 5.76 Å². The molecule has 1 rings (SSSR count). The number of hydrogen-bond acceptors (Lipinski definition) is 3. The predicted octanol–water partition coefficient (Wildman–Crippen LogP) is 1.51. The Hall–Kier alpha value is -0.970. The molecule has 13 heavy (non-hydrogen) atoms. The zero-order chi connectivity index (χ0) is 10.1. The van der Waals surface area contributed by atoms with Gasteiger partial charge in [0.05, 0.1) is 11.2 Å². The van der Waals surface area contributed by atoms with Crippen LogP contribution in [-0.4, -0.2) is 17.1 Å². The zero-order valence-corrected chi connectivity index (χ0v) is 7.55. The van der Waals surface area contributed by atoms with Crippen LogP contribution in [0.5, 0.6) is 0 Å². The predicted molar refractivity (Wildman–Crippen MR) is 43.5 cm³/mol. The van der Waals surface area contributed by atoms with Crippen LogP contribution in [0.4, 0.5) is 8.78 Å². The van der Waals surface area contributed by atoms with E-state index >= 15 is 0 Å². The van der Waals surface area contributed by atoms with Crippen molar-refractivity contribution >= 4 is 0 Å². The van der Waals surface area contributed by atoms with E-state index in [0.29, 0.717) is 11.5 Å². The molecule has 0 aliphatic heterocycles. The number of hydrogen-bond donors (Lipinski definition) is 1. The van der Waals surface area contributed by atoms with Gasteiger partial charge in [-0.05, 0) is 13.8 Å². The second-order valence-corrected chi connectivity index (χ2v) is 3.41. The summed E-state index contributed by atoms with van der Waals surface area (Å²) in [6.45, 7) is 2.99. The largest absolute Gasteiger partial charge is 0.361 e. The summed E-state index contributed by atoms with van der Waals surface area (Å²) in [7, 11) is 0. The summed E-state index contributed by atoms with van der Waals surface area (Å²) in [5, 5.41) is 3.60. The third kappa shape index (κ3) is 2.48. The second kappa shape index (κ2) is 3.41. The Bertz CT molecular complexity index is 283. The van der Waals surface area contributed by atoms with Crippen molar-refractivity contribution in [3.63, 3.8) is 0 Å². The van der Waals surface area contributed by atoms with Gasteiger partial charge in [0.15, 0.2) is 0 Å². The standard InChI is InChI=1S/C8H12F2N2O/c1-5-3-6(12-13-5)4-8(2,11)7(9)10/h3,7H,4,11H2,1-2H3. The lowest BCUT2D eigenvalue weighted by atomic mass is 9.98. The van der Waals surface area contributed by atoms with Crippen molar-refractivity contribution < 1.29 is 13.3 Å². The van der Waals surface area contributed by atoms with Crippen molar-refractivity contribution in [2.45, 2.75) is 32.2 Å². The molecule has 5 heteroatoms. The molecule has 3 nitrogen and oxygen atoms in total. The minimum Gasteiger partial charge on any atom is -0.361 e. The number of alkyl halides is 2. The van der Waals surface area contributed by atoms with Gasteiger partial charge in [0.25, 0.3) is 6.43 Å². The van der Waals surface area contributed by atoms with Crippen molar-refractivity contribution in [1.29, 1.82) is 0 Å². The fourth-order valence-corrected chi connectivity index (χ4v) is 0.969. The van der Waals surface area contributed by atoms with Crippen LogP contribution in [0, 0.1) is 6.92 Å². The van der Waals surface area contributed by atoms with E-state index in [1.807, 2.05) is 0 Å². The topological polar surface area (TPSA) is 52.0 Å². The normalized spacial score (nSPS) is 16.2. The minimum atomic E-state index is -2.57. The van der Waals surface area contributed by atoms with Gasteiger partial charge < -0.3 is 10.3 Å². The summed E-state index contributed by atoms with van der Waals surface area (Å²) in [5.74, 6) is 0.597. The van der Waals surface area contributed by atoms with Crippen molar-refractivity contribution in [3.05, 3.63) is 17.5 Å². The first-order valence-corrected chi connectivity index (χ1v) is 3.91. The molecule has 0 aliphatic carbocycles. The Morgan fingerprint density at radius 2 is 2.31 bits per heavy atom. The van der Waals surface area contributed by atoms with Crippen LogP contribution >= 0.6 is 0 Å². The first-order valence-electron chi connectivity index (χ1n) is 3.91. The van der Waals surface area contributed by atoms with Gasteiger partial charge in [-0.2, -0.15) is 0 Å². The fourth-order valence-electron chi connectivity index (χ4n) is 0.969. The van der Waals surface area contributed by atoms with Gasteiger partial charge in [-0.3, -0.25) is 0 Å². The third-order valence-electron chi connectivity index (χ3n) is 1.74. The average Bonchev–Trinajstić information content (AvgIpc) is 2.34. The molecule has 0 amide bonds.